The summed E-state index contributed by atoms with van der Waals surface area (Å²) in [6.45, 7) is 1.85. The summed E-state index contributed by atoms with van der Waals surface area (Å²) in [7, 11) is 0. The van der Waals surface area contributed by atoms with Crippen LogP contribution >= 0.6 is 11.6 Å². The van der Waals surface area contributed by atoms with Crippen molar-refractivity contribution in [3.8, 4) is 28.5 Å². The molecule has 2 aromatic carbocycles. The van der Waals surface area contributed by atoms with Gasteiger partial charge in [-0.2, -0.15) is 5.26 Å². The number of hydrogen-bond acceptors (Lipinski definition) is 4. The van der Waals surface area contributed by atoms with Gasteiger partial charge in [-0.15, -0.1) is 0 Å². The van der Waals surface area contributed by atoms with E-state index in [1.54, 1.807) is 6.07 Å². The molecule has 5 heteroatoms. The van der Waals surface area contributed by atoms with E-state index >= 15 is 0 Å². The summed E-state index contributed by atoms with van der Waals surface area (Å²) in [4.78, 5) is 4.49. The molecule has 0 fully saturated rings. The lowest BCUT2D eigenvalue weighted by atomic mass is 9.94. The van der Waals surface area contributed by atoms with Crippen molar-refractivity contribution in [1.82, 2.24) is 10.1 Å². The molecule has 0 aliphatic heterocycles. The minimum absolute atomic E-state index is 0.340. The van der Waals surface area contributed by atoms with E-state index in [0.717, 1.165) is 27.7 Å². The Hall–Kier alpha value is -3.16. The highest BCUT2D eigenvalue weighted by atomic mass is 35.5. The fourth-order valence-corrected chi connectivity index (χ4v) is 3.19. The molecule has 4 nitrogen and oxygen atoms in total. The minimum Gasteiger partial charge on any atom is -0.356 e. The van der Waals surface area contributed by atoms with Crippen molar-refractivity contribution in [2.45, 2.75) is 6.92 Å². The van der Waals surface area contributed by atoms with E-state index in [-0.39, 0.29) is 0 Å². The van der Waals surface area contributed by atoms with Gasteiger partial charge in [-0.25, -0.2) is 4.98 Å². The first-order valence-corrected chi connectivity index (χ1v) is 8.07. The van der Waals surface area contributed by atoms with Gasteiger partial charge in [0.05, 0.1) is 28.4 Å². The van der Waals surface area contributed by atoms with Gasteiger partial charge >= 0.3 is 0 Å². The van der Waals surface area contributed by atoms with Gasteiger partial charge in [-0.3, -0.25) is 0 Å². The van der Waals surface area contributed by atoms with E-state index in [4.69, 9.17) is 16.1 Å². The fraction of sp³-hybridized carbons (Fsp3) is 0.0500. The molecule has 0 saturated carbocycles. The highest BCUT2D eigenvalue weighted by Gasteiger charge is 2.20. The summed E-state index contributed by atoms with van der Waals surface area (Å²) in [5.74, 6) is 0.554. The van der Waals surface area contributed by atoms with Crippen LogP contribution in [0.15, 0.2) is 59.1 Å². The van der Waals surface area contributed by atoms with Crippen molar-refractivity contribution in [2.75, 3.05) is 0 Å². The van der Waals surface area contributed by atoms with Crippen LogP contribution in [0.5, 0.6) is 0 Å². The number of aryl methyl sites for hydroxylation is 1. The van der Waals surface area contributed by atoms with Crippen LogP contribution in [0.1, 0.15) is 11.3 Å². The number of halogens is 1. The zero-order chi connectivity index (χ0) is 17.4. The molecule has 25 heavy (non-hydrogen) atoms. The van der Waals surface area contributed by atoms with E-state index < -0.39 is 0 Å². The smallest absolute Gasteiger partial charge is 0.170 e. The lowest BCUT2D eigenvalue weighted by Crippen LogP contribution is -1.93. The Morgan fingerprint density at radius 2 is 1.84 bits per heavy atom. The average Bonchev–Trinajstić information content (AvgIpc) is 3.06. The van der Waals surface area contributed by atoms with Crippen LogP contribution in [-0.2, 0) is 0 Å². The number of hydrogen-bond donors (Lipinski definition) is 0. The second kappa shape index (κ2) is 6.04. The monoisotopic (exact) mass is 345 g/mol. The maximum atomic E-state index is 9.28. The summed E-state index contributed by atoms with van der Waals surface area (Å²) in [6.07, 6.45) is 0. The third-order valence-electron chi connectivity index (χ3n) is 4.01. The Labute approximate surface area is 149 Å². The molecule has 0 amide bonds. The molecule has 0 radical (unpaired) electrons. The summed E-state index contributed by atoms with van der Waals surface area (Å²) < 4.78 is 5.46. The Bertz CT molecular complexity index is 1130. The fourth-order valence-electron chi connectivity index (χ4n) is 2.91. The molecular weight excluding hydrogens is 334 g/mol. The van der Waals surface area contributed by atoms with E-state index in [1.165, 1.54) is 0 Å². The first kappa shape index (κ1) is 15.4. The quantitative estimate of drug-likeness (QED) is 0.457. The largest absolute Gasteiger partial charge is 0.356 e. The molecule has 0 saturated heterocycles. The van der Waals surface area contributed by atoms with Crippen molar-refractivity contribution < 1.29 is 4.52 Å². The molecule has 0 aliphatic carbocycles. The Kier molecular flexibility index (Phi) is 3.72. The van der Waals surface area contributed by atoms with Gasteiger partial charge in [0.15, 0.2) is 5.76 Å². The molecule has 4 aromatic rings. The summed E-state index contributed by atoms with van der Waals surface area (Å²) in [5.41, 5.74) is 4.57. The van der Waals surface area contributed by atoms with Crippen molar-refractivity contribution >= 4 is 22.5 Å². The first-order valence-electron chi connectivity index (χ1n) is 7.70. The van der Waals surface area contributed by atoms with Crippen LogP contribution in [0.4, 0.5) is 0 Å². The van der Waals surface area contributed by atoms with Crippen molar-refractivity contribution in [3.05, 3.63) is 71.0 Å². The summed E-state index contributed by atoms with van der Waals surface area (Å²) in [6, 6.07) is 19.2. The molecule has 120 valence electrons. The van der Waals surface area contributed by atoms with Crippen LogP contribution in [0.2, 0.25) is 5.15 Å². The summed E-state index contributed by atoms with van der Waals surface area (Å²) in [5, 5.41) is 14.4. The zero-order valence-corrected chi connectivity index (χ0v) is 14.1. The number of nitriles is 1. The second-order valence-electron chi connectivity index (χ2n) is 5.69. The second-order valence-corrected chi connectivity index (χ2v) is 6.05. The van der Waals surface area contributed by atoms with Gasteiger partial charge in [0.1, 0.15) is 5.15 Å². The molecule has 0 bridgehead atoms. The van der Waals surface area contributed by atoms with Crippen LogP contribution in [0.25, 0.3) is 33.4 Å². The van der Waals surface area contributed by atoms with E-state index in [2.05, 4.69) is 16.2 Å². The molecule has 0 N–H and O–H groups in total. The molecule has 4 rings (SSSR count). The third-order valence-corrected chi connectivity index (χ3v) is 4.28. The highest BCUT2D eigenvalue weighted by molar-refractivity contribution is 6.33. The number of nitrogens with zero attached hydrogens (tertiary/aromatic N) is 3. The standard InChI is InChI=1S/C20H12ClN3O/c1-12-9-17(25-24-12)19-18(14-5-3-2-4-6-14)15-10-13(11-22)7-8-16(15)23-20(19)21/h2-10H,1H3. The zero-order valence-electron chi connectivity index (χ0n) is 13.3. The number of rotatable bonds is 2. The number of benzene rings is 2. The molecule has 2 heterocycles. The molecule has 0 unspecified atom stereocenters. The minimum atomic E-state index is 0.340. The average molecular weight is 346 g/mol. The lowest BCUT2D eigenvalue weighted by Gasteiger charge is -2.13. The SMILES string of the molecule is Cc1cc(-c2c(Cl)nc3ccc(C#N)cc3c2-c2ccccc2)on1. The van der Waals surface area contributed by atoms with Crippen LogP contribution in [-0.4, -0.2) is 10.1 Å². The molecule has 0 atom stereocenters. The third kappa shape index (κ3) is 2.65. The highest BCUT2D eigenvalue weighted by Crippen LogP contribution is 2.41. The lowest BCUT2D eigenvalue weighted by molar-refractivity contribution is 0.427. The van der Waals surface area contributed by atoms with Crippen molar-refractivity contribution in [2.24, 2.45) is 0 Å². The van der Waals surface area contributed by atoms with Gasteiger partial charge in [0.2, 0.25) is 0 Å². The van der Waals surface area contributed by atoms with Crippen LogP contribution in [0.3, 0.4) is 0 Å². The first-order chi connectivity index (χ1) is 12.2. The van der Waals surface area contributed by atoms with E-state index in [9.17, 15) is 5.26 Å². The molecule has 0 aliphatic rings. The Balaban J connectivity index is 2.17. The topological polar surface area (TPSA) is 62.7 Å². The van der Waals surface area contributed by atoms with Crippen LogP contribution in [0, 0.1) is 18.3 Å². The van der Waals surface area contributed by atoms with Gasteiger partial charge in [0.25, 0.3) is 0 Å². The van der Waals surface area contributed by atoms with Gasteiger partial charge in [-0.1, -0.05) is 47.1 Å². The van der Waals surface area contributed by atoms with Gasteiger partial charge in [0, 0.05) is 17.0 Å². The molecular formula is C20H12ClN3O. The van der Waals surface area contributed by atoms with Crippen LogP contribution < -0.4 is 0 Å². The number of fused-ring (bicyclic) bond motifs is 1. The van der Waals surface area contributed by atoms with E-state index in [1.807, 2.05) is 55.5 Å². The maximum Gasteiger partial charge on any atom is 0.170 e. The normalized spacial score (nSPS) is 10.8. The van der Waals surface area contributed by atoms with Gasteiger partial charge < -0.3 is 4.52 Å². The summed E-state index contributed by atoms with van der Waals surface area (Å²) >= 11 is 6.51. The molecule has 2 aromatic heterocycles. The van der Waals surface area contributed by atoms with E-state index in [0.29, 0.717) is 22.0 Å². The Morgan fingerprint density at radius 1 is 1.04 bits per heavy atom. The number of aromatic nitrogens is 2. The van der Waals surface area contributed by atoms with Crippen molar-refractivity contribution in [1.29, 1.82) is 5.26 Å². The number of pyridine rings is 1. The Morgan fingerprint density at radius 3 is 2.52 bits per heavy atom. The van der Waals surface area contributed by atoms with Crippen molar-refractivity contribution in [3.63, 3.8) is 0 Å². The molecule has 0 spiro atoms. The predicted molar refractivity (Wildman–Crippen MR) is 97.1 cm³/mol. The maximum absolute atomic E-state index is 9.28. The predicted octanol–water partition coefficient (Wildman–Crippen LogP) is 5.39. The van der Waals surface area contributed by atoms with Gasteiger partial charge in [-0.05, 0) is 30.7 Å².